The van der Waals surface area contributed by atoms with Gasteiger partial charge in [0.1, 0.15) is 0 Å². The molecule has 0 bridgehead atoms. The molecule has 0 fully saturated rings. The van der Waals surface area contributed by atoms with E-state index >= 15 is 0 Å². The zero-order valence-electron chi connectivity index (χ0n) is 10.3. The molecule has 1 heterocycles. The number of benzene rings is 1. The molecule has 0 aliphatic rings. The summed E-state index contributed by atoms with van der Waals surface area (Å²) >= 11 is 11.0. The molecule has 1 atom stereocenters. The van der Waals surface area contributed by atoms with Crippen LogP contribution >= 0.6 is 38.9 Å². The average Bonchev–Trinajstić information content (AvgIpc) is 2.72. The van der Waals surface area contributed by atoms with Gasteiger partial charge in [0.15, 0.2) is 11.6 Å². The van der Waals surface area contributed by atoms with Crippen LogP contribution in [0.5, 0.6) is 5.75 Å². The van der Waals surface area contributed by atoms with E-state index in [0.29, 0.717) is 5.02 Å². The first-order chi connectivity index (χ1) is 9.06. The lowest BCUT2D eigenvalue weighted by Crippen LogP contribution is -2.16. The van der Waals surface area contributed by atoms with Crippen molar-refractivity contribution >= 4 is 38.9 Å². The lowest BCUT2D eigenvalue weighted by atomic mass is 10.1. The smallest absolute Gasteiger partial charge is 0.165 e. The molecule has 2 aromatic rings. The van der Waals surface area contributed by atoms with Crippen LogP contribution in [-0.4, -0.2) is 14.2 Å². The second kappa shape index (κ2) is 6.22. The van der Waals surface area contributed by atoms with Crippen molar-refractivity contribution in [3.05, 3.63) is 49.3 Å². The molecule has 1 aromatic heterocycles. The Labute approximate surface area is 128 Å². The maximum Gasteiger partial charge on any atom is 0.165 e. The minimum atomic E-state index is -0.369. The molecule has 0 spiro atoms. The molecule has 2 nitrogen and oxygen atoms in total. The summed E-state index contributed by atoms with van der Waals surface area (Å²) in [4.78, 5) is 1.05. The van der Waals surface area contributed by atoms with Crippen molar-refractivity contribution in [1.29, 1.82) is 0 Å². The maximum absolute atomic E-state index is 13.4. The first-order valence-electron chi connectivity index (χ1n) is 5.52. The first kappa shape index (κ1) is 14.8. The second-order valence-corrected chi connectivity index (χ2v) is 6.69. The number of nitrogens with one attached hydrogen (secondary N) is 1. The third kappa shape index (κ3) is 3.11. The fourth-order valence-corrected chi connectivity index (χ4v) is 3.72. The molecule has 0 aliphatic heterocycles. The summed E-state index contributed by atoms with van der Waals surface area (Å²) in [6, 6.07) is 6.68. The molecule has 1 unspecified atom stereocenters. The molecule has 2 rings (SSSR count). The summed E-state index contributed by atoms with van der Waals surface area (Å²) in [5.74, 6) is -0.133. The van der Waals surface area contributed by atoms with E-state index < -0.39 is 0 Å². The van der Waals surface area contributed by atoms with Crippen molar-refractivity contribution in [2.75, 3.05) is 14.2 Å². The van der Waals surface area contributed by atoms with E-state index in [-0.39, 0.29) is 17.6 Å². The number of halogens is 3. The molecule has 19 heavy (non-hydrogen) atoms. The summed E-state index contributed by atoms with van der Waals surface area (Å²) in [5.41, 5.74) is 0.922. The molecular weight excluding hydrogens is 353 g/mol. The summed E-state index contributed by atoms with van der Waals surface area (Å²) in [7, 11) is 3.30. The van der Waals surface area contributed by atoms with Gasteiger partial charge < -0.3 is 10.1 Å². The average molecular weight is 365 g/mol. The molecule has 0 aliphatic carbocycles. The second-order valence-electron chi connectivity index (χ2n) is 3.89. The van der Waals surface area contributed by atoms with Crippen LogP contribution in [0.25, 0.3) is 0 Å². The van der Waals surface area contributed by atoms with Crippen molar-refractivity contribution in [3.63, 3.8) is 0 Å². The van der Waals surface area contributed by atoms with Crippen LogP contribution in [0.15, 0.2) is 28.1 Å². The lowest BCUT2D eigenvalue weighted by molar-refractivity contribution is 0.385. The molecule has 0 saturated heterocycles. The van der Waals surface area contributed by atoms with Gasteiger partial charge in [-0.1, -0.05) is 17.7 Å². The van der Waals surface area contributed by atoms with Gasteiger partial charge in [-0.25, -0.2) is 4.39 Å². The molecule has 6 heteroatoms. The Morgan fingerprint density at radius 3 is 2.68 bits per heavy atom. The van der Waals surface area contributed by atoms with Crippen molar-refractivity contribution in [2.45, 2.75) is 6.04 Å². The highest BCUT2D eigenvalue weighted by Gasteiger charge is 2.18. The normalized spacial score (nSPS) is 12.5. The van der Waals surface area contributed by atoms with Crippen LogP contribution in [0.4, 0.5) is 4.39 Å². The summed E-state index contributed by atoms with van der Waals surface area (Å²) in [5, 5.41) is 3.87. The van der Waals surface area contributed by atoms with Gasteiger partial charge in [0.2, 0.25) is 0 Å². The van der Waals surface area contributed by atoms with Gasteiger partial charge in [-0.3, -0.25) is 0 Å². The number of hydrogen-bond acceptors (Lipinski definition) is 3. The van der Waals surface area contributed by atoms with E-state index in [4.69, 9.17) is 16.3 Å². The van der Waals surface area contributed by atoms with E-state index in [2.05, 4.69) is 21.2 Å². The quantitative estimate of drug-likeness (QED) is 0.854. The Balaban J connectivity index is 2.41. The molecular formula is C13H12BrClFNOS. The maximum atomic E-state index is 13.4. The number of ether oxygens (including phenoxy) is 1. The number of methoxy groups -OCH3 is 1. The highest BCUT2D eigenvalue weighted by Crippen LogP contribution is 2.38. The zero-order chi connectivity index (χ0) is 14.0. The van der Waals surface area contributed by atoms with Crippen LogP contribution < -0.4 is 10.1 Å². The summed E-state index contributed by atoms with van der Waals surface area (Å²) in [6.45, 7) is 0. The third-order valence-electron chi connectivity index (χ3n) is 2.75. The molecule has 1 N–H and O–H groups in total. The van der Waals surface area contributed by atoms with Gasteiger partial charge in [0.25, 0.3) is 0 Å². The molecule has 0 amide bonds. The largest absolute Gasteiger partial charge is 0.494 e. The van der Waals surface area contributed by atoms with Gasteiger partial charge in [-0.05, 0) is 46.7 Å². The summed E-state index contributed by atoms with van der Waals surface area (Å²) in [6.07, 6.45) is 0. The van der Waals surface area contributed by atoms with E-state index in [1.807, 2.05) is 13.1 Å². The van der Waals surface area contributed by atoms with E-state index in [0.717, 1.165) is 14.2 Å². The van der Waals surface area contributed by atoms with E-state index in [1.54, 1.807) is 23.5 Å². The first-order valence-corrected chi connectivity index (χ1v) is 7.51. The van der Waals surface area contributed by atoms with Gasteiger partial charge in [0, 0.05) is 4.88 Å². The number of thiophene rings is 1. The molecule has 102 valence electrons. The lowest BCUT2D eigenvalue weighted by Gasteiger charge is -2.16. The van der Waals surface area contributed by atoms with Crippen LogP contribution in [0.3, 0.4) is 0 Å². The molecule has 1 aromatic carbocycles. The van der Waals surface area contributed by atoms with Gasteiger partial charge in [-0.15, -0.1) is 11.3 Å². The number of hydrogen-bond donors (Lipinski definition) is 1. The Bertz CT molecular complexity index is 571. The fraction of sp³-hybridized carbons (Fsp3) is 0.231. The monoisotopic (exact) mass is 363 g/mol. The standard InChI is InChI=1S/C13H12BrClFNOS/c1-17-12(11-6-8(15)13(14)19-11)7-3-4-9(16)10(5-7)18-2/h3-6,12,17H,1-2H3. The van der Waals surface area contributed by atoms with Crippen LogP contribution in [0.2, 0.25) is 5.02 Å². The van der Waals surface area contributed by atoms with Crippen molar-refractivity contribution in [3.8, 4) is 5.75 Å². The third-order valence-corrected chi connectivity index (χ3v) is 5.29. The SMILES string of the molecule is CNC(c1ccc(F)c(OC)c1)c1cc(Cl)c(Br)s1. The van der Waals surface area contributed by atoms with Gasteiger partial charge in [-0.2, -0.15) is 0 Å². The minimum absolute atomic E-state index is 0.0525. The van der Waals surface area contributed by atoms with Gasteiger partial charge in [0.05, 0.1) is 22.0 Å². The molecule has 0 radical (unpaired) electrons. The van der Waals surface area contributed by atoms with Crippen molar-refractivity contribution < 1.29 is 9.13 Å². The Morgan fingerprint density at radius 1 is 1.42 bits per heavy atom. The van der Waals surface area contributed by atoms with Crippen molar-refractivity contribution in [1.82, 2.24) is 5.32 Å². The zero-order valence-corrected chi connectivity index (χ0v) is 13.5. The highest BCUT2D eigenvalue weighted by atomic mass is 79.9. The Morgan fingerprint density at radius 2 is 2.16 bits per heavy atom. The number of rotatable bonds is 4. The Kier molecular flexibility index (Phi) is 4.84. The minimum Gasteiger partial charge on any atom is -0.494 e. The highest BCUT2D eigenvalue weighted by molar-refractivity contribution is 9.11. The summed E-state index contributed by atoms with van der Waals surface area (Å²) < 4.78 is 19.3. The van der Waals surface area contributed by atoms with Crippen LogP contribution in [0, 0.1) is 5.82 Å². The molecule has 0 saturated carbocycles. The van der Waals surface area contributed by atoms with Crippen LogP contribution in [-0.2, 0) is 0 Å². The predicted molar refractivity (Wildman–Crippen MR) is 80.9 cm³/mol. The van der Waals surface area contributed by atoms with E-state index in [1.165, 1.54) is 13.2 Å². The Hall–Kier alpha value is -0.620. The van der Waals surface area contributed by atoms with E-state index in [9.17, 15) is 4.39 Å². The topological polar surface area (TPSA) is 21.3 Å². The predicted octanol–water partition coefficient (Wildman–Crippen LogP) is 4.62. The van der Waals surface area contributed by atoms with Crippen molar-refractivity contribution in [2.24, 2.45) is 0 Å². The van der Waals surface area contributed by atoms with Crippen LogP contribution in [0.1, 0.15) is 16.5 Å². The fourth-order valence-electron chi connectivity index (χ4n) is 1.83. The van der Waals surface area contributed by atoms with Gasteiger partial charge >= 0.3 is 0 Å².